The Balaban J connectivity index is 2.09. The fraction of sp³-hybridized carbons (Fsp3) is 0.500. The van der Waals surface area contributed by atoms with Crippen molar-refractivity contribution in [3.63, 3.8) is 0 Å². The van der Waals surface area contributed by atoms with Crippen LogP contribution in [0.4, 0.5) is 10.9 Å². The summed E-state index contributed by atoms with van der Waals surface area (Å²) in [7, 11) is 0. The lowest BCUT2D eigenvalue weighted by Gasteiger charge is -2.34. The van der Waals surface area contributed by atoms with Crippen molar-refractivity contribution in [2.75, 3.05) is 30.4 Å². The molecule has 0 amide bonds. The molecule has 1 fully saturated rings. The number of nitrogens with zero attached hydrogens (tertiary/aromatic N) is 4. The molecule has 6 nitrogen and oxygen atoms in total. The number of fused-ring (bicyclic) bond motifs is 1. The smallest absolute Gasteiger partial charge is 0.182 e. The Morgan fingerprint density at radius 3 is 3.24 bits per heavy atom. The normalized spacial score (nSPS) is 21.0. The third kappa shape index (κ3) is 1.81. The predicted molar refractivity (Wildman–Crippen MR) is 67.2 cm³/mol. The van der Waals surface area contributed by atoms with Gasteiger partial charge >= 0.3 is 0 Å². The minimum absolute atomic E-state index is 0.296. The minimum atomic E-state index is 0.296. The number of nitrogen functional groups attached to an aromatic ring is 1. The van der Waals surface area contributed by atoms with E-state index in [0.717, 1.165) is 29.3 Å². The van der Waals surface area contributed by atoms with E-state index in [9.17, 15) is 0 Å². The van der Waals surface area contributed by atoms with Crippen molar-refractivity contribution in [3.8, 4) is 0 Å². The highest BCUT2D eigenvalue weighted by Crippen LogP contribution is 2.29. The zero-order valence-electron chi connectivity index (χ0n) is 9.46. The van der Waals surface area contributed by atoms with E-state index in [4.69, 9.17) is 10.5 Å². The maximum atomic E-state index is 5.72. The highest BCUT2D eigenvalue weighted by atomic mass is 32.1. The number of morpholine rings is 1. The van der Waals surface area contributed by atoms with Crippen LogP contribution in [0.2, 0.25) is 0 Å². The van der Waals surface area contributed by atoms with Gasteiger partial charge in [-0.2, -0.15) is 0 Å². The third-order valence-corrected chi connectivity index (χ3v) is 3.62. The fourth-order valence-electron chi connectivity index (χ4n) is 2.01. The second-order valence-electron chi connectivity index (χ2n) is 4.02. The average Bonchev–Trinajstić information content (AvgIpc) is 2.70. The van der Waals surface area contributed by atoms with Gasteiger partial charge in [-0.1, -0.05) is 11.3 Å². The zero-order valence-corrected chi connectivity index (χ0v) is 10.3. The van der Waals surface area contributed by atoms with Gasteiger partial charge in [0.2, 0.25) is 0 Å². The van der Waals surface area contributed by atoms with Crippen LogP contribution in [0.5, 0.6) is 0 Å². The van der Waals surface area contributed by atoms with Gasteiger partial charge in [0.15, 0.2) is 15.8 Å². The molecular formula is C10H13N5OS. The topological polar surface area (TPSA) is 77.2 Å². The maximum Gasteiger partial charge on any atom is 0.182 e. The Hall–Kier alpha value is -1.47. The highest BCUT2D eigenvalue weighted by Gasteiger charge is 2.23. The SMILES string of the molecule is C[C@@H]1COCCN1c1ncnc2sc(N)nc12. The van der Waals surface area contributed by atoms with E-state index >= 15 is 0 Å². The molecule has 0 bridgehead atoms. The Bertz CT molecular complexity index is 542. The first kappa shape index (κ1) is 10.7. The first-order chi connectivity index (χ1) is 8.25. The number of rotatable bonds is 1. The summed E-state index contributed by atoms with van der Waals surface area (Å²) in [6, 6.07) is 0.296. The Morgan fingerprint density at radius 1 is 1.53 bits per heavy atom. The van der Waals surface area contributed by atoms with E-state index in [1.165, 1.54) is 11.3 Å². The average molecular weight is 251 g/mol. The predicted octanol–water partition coefficient (Wildman–Crippen LogP) is 0.894. The van der Waals surface area contributed by atoms with Crippen molar-refractivity contribution in [2.45, 2.75) is 13.0 Å². The van der Waals surface area contributed by atoms with E-state index in [1.54, 1.807) is 6.33 Å². The number of hydrogen-bond acceptors (Lipinski definition) is 7. The van der Waals surface area contributed by atoms with Crippen molar-refractivity contribution in [1.29, 1.82) is 0 Å². The van der Waals surface area contributed by atoms with Crippen LogP contribution in [0.25, 0.3) is 10.3 Å². The van der Waals surface area contributed by atoms with Gasteiger partial charge in [0.1, 0.15) is 11.8 Å². The molecule has 3 heterocycles. The Morgan fingerprint density at radius 2 is 2.41 bits per heavy atom. The van der Waals surface area contributed by atoms with Crippen LogP contribution in [0.3, 0.4) is 0 Å². The highest BCUT2D eigenvalue weighted by molar-refractivity contribution is 7.21. The summed E-state index contributed by atoms with van der Waals surface area (Å²) >= 11 is 1.39. The van der Waals surface area contributed by atoms with Crippen molar-refractivity contribution in [2.24, 2.45) is 0 Å². The van der Waals surface area contributed by atoms with E-state index in [1.807, 2.05) is 0 Å². The summed E-state index contributed by atoms with van der Waals surface area (Å²) in [5.74, 6) is 0.860. The Labute approximate surface area is 102 Å². The van der Waals surface area contributed by atoms with Gasteiger partial charge < -0.3 is 15.4 Å². The Kier molecular flexibility index (Phi) is 2.56. The van der Waals surface area contributed by atoms with Crippen molar-refractivity contribution in [3.05, 3.63) is 6.33 Å². The van der Waals surface area contributed by atoms with E-state index in [2.05, 4.69) is 26.8 Å². The van der Waals surface area contributed by atoms with Gasteiger partial charge in [-0.15, -0.1) is 0 Å². The number of aromatic nitrogens is 3. The van der Waals surface area contributed by atoms with Crippen LogP contribution in [-0.2, 0) is 4.74 Å². The number of anilines is 2. The molecule has 17 heavy (non-hydrogen) atoms. The molecule has 2 aromatic rings. The molecule has 1 saturated heterocycles. The van der Waals surface area contributed by atoms with Crippen molar-refractivity contribution in [1.82, 2.24) is 15.0 Å². The van der Waals surface area contributed by atoms with Crippen molar-refractivity contribution >= 4 is 32.6 Å². The molecule has 7 heteroatoms. The molecule has 3 rings (SSSR count). The summed E-state index contributed by atoms with van der Waals surface area (Å²) in [5, 5.41) is 0.530. The third-order valence-electron chi connectivity index (χ3n) is 2.83. The van der Waals surface area contributed by atoms with Gasteiger partial charge in [0, 0.05) is 6.54 Å². The maximum absolute atomic E-state index is 5.72. The summed E-state index contributed by atoms with van der Waals surface area (Å²) in [5.41, 5.74) is 6.52. The van der Waals surface area contributed by atoms with E-state index < -0.39 is 0 Å². The van der Waals surface area contributed by atoms with Crippen LogP contribution in [0, 0.1) is 0 Å². The molecule has 0 saturated carbocycles. The molecule has 90 valence electrons. The molecule has 0 aromatic carbocycles. The summed E-state index contributed by atoms with van der Waals surface area (Å²) < 4.78 is 5.42. The molecule has 0 radical (unpaired) electrons. The molecule has 0 unspecified atom stereocenters. The second-order valence-corrected chi connectivity index (χ2v) is 5.03. The number of nitrogens with two attached hydrogens (primary N) is 1. The molecule has 0 aliphatic carbocycles. The lowest BCUT2D eigenvalue weighted by atomic mass is 10.2. The van der Waals surface area contributed by atoms with Crippen molar-refractivity contribution < 1.29 is 4.74 Å². The fourth-order valence-corrected chi connectivity index (χ4v) is 2.68. The number of thiazole rings is 1. The van der Waals surface area contributed by atoms with Gasteiger partial charge in [-0.25, -0.2) is 15.0 Å². The van der Waals surface area contributed by atoms with E-state index in [0.29, 0.717) is 17.8 Å². The molecule has 1 aliphatic rings. The summed E-state index contributed by atoms with van der Waals surface area (Å²) in [6.07, 6.45) is 1.57. The molecule has 2 N–H and O–H groups in total. The number of hydrogen-bond donors (Lipinski definition) is 1. The first-order valence-corrected chi connectivity index (χ1v) is 6.29. The van der Waals surface area contributed by atoms with Gasteiger partial charge in [0.05, 0.1) is 19.3 Å². The van der Waals surface area contributed by atoms with E-state index in [-0.39, 0.29) is 0 Å². The van der Waals surface area contributed by atoms with Crippen LogP contribution in [0.15, 0.2) is 6.33 Å². The second kappa shape index (κ2) is 4.08. The van der Waals surface area contributed by atoms with Gasteiger partial charge in [-0.05, 0) is 6.92 Å². The summed E-state index contributed by atoms with van der Waals surface area (Å²) in [4.78, 5) is 15.9. The standard InChI is InChI=1S/C10H13N5OS/c1-6-4-16-3-2-15(6)8-7-9(13-5-12-8)17-10(11)14-7/h5-6H,2-4H2,1H3,(H2,11,14)/t6-/m1/s1. The first-order valence-electron chi connectivity index (χ1n) is 5.47. The lowest BCUT2D eigenvalue weighted by molar-refractivity contribution is 0.0986. The van der Waals surface area contributed by atoms with Gasteiger partial charge in [0.25, 0.3) is 0 Å². The molecule has 1 atom stereocenters. The van der Waals surface area contributed by atoms with Crippen LogP contribution in [0.1, 0.15) is 6.92 Å². The largest absolute Gasteiger partial charge is 0.377 e. The van der Waals surface area contributed by atoms with Crippen LogP contribution in [-0.4, -0.2) is 40.8 Å². The van der Waals surface area contributed by atoms with Gasteiger partial charge in [-0.3, -0.25) is 0 Å². The molecular weight excluding hydrogens is 238 g/mol. The number of ether oxygens (including phenoxy) is 1. The van der Waals surface area contributed by atoms with Crippen LogP contribution < -0.4 is 10.6 Å². The quantitative estimate of drug-likeness (QED) is 0.811. The lowest BCUT2D eigenvalue weighted by Crippen LogP contribution is -2.44. The summed E-state index contributed by atoms with van der Waals surface area (Å²) in [6.45, 7) is 4.37. The zero-order chi connectivity index (χ0) is 11.8. The monoisotopic (exact) mass is 251 g/mol. The minimum Gasteiger partial charge on any atom is -0.377 e. The molecule has 2 aromatic heterocycles. The molecule has 0 spiro atoms. The van der Waals surface area contributed by atoms with Crippen LogP contribution >= 0.6 is 11.3 Å². The molecule has 1 aliphatic heterocycles.